The number of benzene rings is 1. The molecule has 1 amide bonds. The van der Waals surface area contributed by atoms with Crippen LogP contribution in [0, 0.1) is 6.92 Å². The van der Waals surface area contributed by atoms with Crippen LogP contribution in [0.15, 0.2) is 28.7 Å². The van der Waals surface area contributed by atoms with Gasteiger partial charge in [0.15, 0.2) is 5.76 Å². The van der Waals surface area contributed by atoms with Gasteiger partial charge in [0.2, 0.25) is 0 Å². The highest BCUT2D eigenvalue weighted by Crippen LogP contribution is 2.26. The minimum absolute atomic E-state index is 0. The third-order valence-electron chi connectivity index (χ3n) is 4.23. The quantitative estimate of drug-likeness (QED) is 0.927. The first-order chi connectivity index (χ1) is 9.70. The van der Waals surface area contributed by atoms with Crippen LogP contribution in [-0.4, -0.2) is 37.0 Å². The van der Waals surface area contributed by atoms with E-state index in [0.717, 1.165) is 42.5 Å². The van der Waals surface area contributed by atoms with E-state index in [1.54, 1.807) is 0 Å². The predicted octanol–water partition coefficient (Wildman–Crippen LogP) is 2.99. The Kier molecular flexibility index (Phi) is 4.91. The number of carbonyl (C=O) groups excluding carboxylic acids is 1. The van der Waals surface area contributed by atoms with Gasteiger partial charge in [-0.05, 0) is 32.9 Å². The topological polar surface area (TPSA) is 45.5 Å². The van der Waals surface area contributed by atoms with Crippen LogP contribution in [0.1, 0.15) is 29.0 Å². The van der Waals surface area contributed by atoms with Gasteiger partial charge in [0.05, 0.1) is 0 Å². The number of nitrogens with zero attached hydrogens (tertiary/aromatic N) is 1. The third-order valence-corrected chi connectivity index (χ3v) is 4.23. The number of para-hydroxylation sites is 1. The Morgan fingerprint density at radius 2 is 1.95 bits per heavy atom. The van der Waals surface area contributed by atoms with Crippen molar-refractivity contribution in [2.75, 3.05) is 20.1 Å². The first-order valence-corrected chi connectivity index (χ1v) is 7.15. The van der Waals surface area contributed by atoms with Gasteiger partial charge in [-0.3, -0.25) is 4.79 Å². The summed E-state index contributed by atoms with van der Waals surface area (Å²) in [5.41, 5.74) is 1.74. The molecule has 0 radical (unpaired) electrons. The summed E-state index contributed by atoms with van der Waals surface area (Å²) in [6.07, 6.45) is 2.00. The van der Waals surface area contributed by atoms with Crippen molar-refractivity contribution in [1.29, 1.82) is 0 Å². The van der Waals surface area contributed by atoms with Crippen LogP contribution >= 0.6 is 12.4 Å². The van der Waals surface area contributed by atoms with E-state index in [2.05, 4.69) is 5.32 Å². The van der Waals surface area contributed by atoms with E-state index < -0.39 is 0 Å². The fourth-order valence-electron chi connectivity index (χ4n) is 2.89. The average Bonchev–Trinajstić information content (AvgIpc) is 2.84. The van der Waals surface area contributed by atoms with E-state index in [0.29, 0.717) is 11.8 Å². The minimum Gasteiger partial charge on any atom is -0.451 e. The molecule has 0 spiro atoms. The summed E-state index contributed by atoms with van der Waals surface area (Å²) in [6.45, 7) is 3.54. The van der Waals surface area contributed by atoms with Gasteiger partial charge in [0.1, 0.15) is 5.58 Å². The summed E-state index contributed by atoms with van der Waals surface area (Å²) in [5, 5.41) is 4.30. The molecule has 0 unspecified atom stereocenters. The van der Waals surface area contributed by atoms with Gasteiger partial charge in [0, 0.05) is 30.1 Å². The smallest absolute Gasteiger partial charge is 0.289 e. The molecule has 114 valence electrons. The number of furan rings is 1. The Morgan fingerprint density at radius 1 is 1.29 bits per heavy atom. The fraction of sp³-hybridized carbons (Fsp3) is 0.438. The zero-order valence-electron chi connectivity index (χ0n) is 12.4. The van der Waals surface area contributed by atoms with Gasteiger partial charge >= 0.3 is 0 Å². The number of carbonyl (C=O) groups is 1. The molecule has 0 atom stereocenters. The number of rotatable bonds is 2. The summed E-state index contributed by atoms with van der Waals surface area (Å²) in [6, 6.07) is 8.33. The fourth-order valence-corrected chi connectivity index (χ4v) is 2.89. The van der Waals surface area contributed by atoms with Crippen LogP contribution in [0.4, 0.5) is 0 Å². The van der Waals surface area contributed by atoms with Gasteiger partial charge < -0.3 is 14.6 Å². The molecule has 0 bridgehead atoms. The van der Waals surface area contributed by atoms with Crippen LogP contribution in [0.5, 0.6) is 0 Å². The first-order valence-electron chi connectivity index (χ1n) is 7.15. The van der Waals surface area contributed by atoms with E-state index in [4.69, 9.17) is 4.42 Å². The molecule has 1 aromatic heterocycles. The van der Waals surface area contributed by atoms with Crippen molar-refractivity contribution in [3.63, 3.8) is 0 Å². The normalized spacial score (nSPS) is 16.0. The molecule has 2 heterocycles. The summed E-state index contributed by atoms with van der Waals surface area (Å²) >= 11 is 0. The molecule has 4 nitrogen and oxygen atoms in total. The average molecular weight is 309 g/mol. The maximum atomic E-state index is 12.6. The molecule has 1 N–H and O–H groups in total. The van der Waals surface area contributed by atoms with Gasteiger partial charge in [-0.15, -0.1) is 12.4 Å². The lowest BCUT2D eigenvalue weighted by Gasteiger charge is -2.31. The summed E-state index contributed by atoms with van der Waals surface area (Å²) in [7, 11) is 1.98. The molecular formula is C16H21ClN2O2. The molecular weight excluding hydrogens is 288 g/mol. The van der Waals surface area contributed by atoms with E-state index in [1.165, 1.54) is 0 Å². The Balaban J connectivity index is 0.00000161. The molecule has 21 heavy (non-hydrogen) atoms. The van der Waals surface area contributed by atoms with Gasteiger partial charge in [-0.25, -0.2) is 0 Å². The molecule has 0 aliphatic carbocycles. The second kappa shape index (κ2) is 6.50. The number of hydrogen-bond acceptors (Lipinski definition) is 3. The number of halogens is 1. The Hall–Kier alpha value is -1.52. The van der Waals surface area contributed by atoms with Crippen molar-refractivity contribution < 1.29 is 9.21 Å². The maximum Gasteiger partial charge on any atom is 0.289 e. The van der Waals surface area contributed by atoms with Gasteiger partial charge in [0.25, 0.3) is 5.91 Å². The SMILES string of the molecule is CNC1CCN(C(=O)c2oc3ccccc3c2C)CC1.Cl. The molecule has 1 aromatic carbocycles. The highest BCUT2D eigenvalue weighted by atomic mass is 35.5. The third kappa shape index (κ3) is 2.92. The Labute approximate surface area is 130 Å². The van der Waals surface area contributed by atoms with Crippen molar-refractivity contribution in [2.24, 2.45) is 0 Å². The van der Waals surface area contributed by atoms with Crippen LogP contribution in [0.2, 0.25) is 0 Å². The monoisotopic (exact) mass is 308 g/mol. The predicted molar refractivity (Wildman–Crippen MR) is 86.2 cm³/mol. The molecule has 0 saturated carbocycles. The highest BCUT2D eigenvalue weighted by molar-refractivity contribution is 5.98. The van der Waals surface area contributed by atoms with Crippen LogP contribution in [0.25, 0.3) is 11.0 Å². The Bertz CT molecular complexity index is 630. The number of hydrogen-bond donors (Lipinski definition) is 1. The Morgan fingerprint density at radius 3 is 2.57 bits per heavy atom. The van der Waals surface area contributed by atoms with E-state index in [-0.39, 0.29) is 18.3 Å². The molecule has 1 fully saturated rings. The van der Waals surface area contributed by atoms with Crippen molar-refractivity contribution in [3.05, 3.63) is 35.6 Å². The zero-order valence-corrected chi connectivity index (χ0v) is 13.2. The summed E-state index contributed by atoms with van der Waals surface area (Å²) < 4.78 is 5.76. The molecule has 1 aliphatic rings. The van der Waals surface area contributed by atoms with Crippen molar-refractivity contribution >= 4 is 29.3 Å². The first kappa shape index (κ1) is 15.9. The van der Waals surface area contributed by atoms with Gasteiger partial charge in [-0.1, -0.05) is 18.2 Å². The van der Waals surface area contributed by atoms with Crippen molar-refractivity contribution in [3.8, 4) is 0 Å². The van der Waals surface area contributed by atoms with Crippen LogP contribution in [-0.2, 0) is 0 Å². The van der Waals surface area contributed by atoms with E-state index in [1.807, 2.05) is 43.1 Å². The van der Waals surface area contributed by atoms with Crippen molar-refractivity contribution in [2.45, 2.75) is 25.8 Å². The van der Waals surface area contributed by atoms with E-state index in [9.17, 15) is 4.79 Å². The van der Waals surface area contributed by atoms with Crippen LogP contribution in [0.3, 0.4) is 0 Å². The zero-order chi connectivity index (χ0) is 14.1. The molecule has 3 rings (SSSR count). The minimum atomic E-state index is 0. The summed E-state index contributed by atoms with van der Waals surface area (Å²) in [5.74, 6) is 0.516. The second-order valence-electron chi connectivity index (χ2n) is 5.41. The molecule has 1 aliphatic heterocycles. The van der Waals surface area contributed by atoms with Gasteiger partial charge in [-0.2, -0.15) is 0 Å². The number of piperidine rings is 1. The van der Waals surface area contributed by atoms with E-state index >= 15 is 0 Å². The lowest BCUT2D eigenvalue weighted by atomic mass is 10.0. The second-order valence-corrected chi connectivity index (χ2v) is 5.41. The largest absolute Gasteiger partial charge is 0.451 e. The number of amides is 1. The standard InChI is InChI=1S/C16H20N2O2.ClH/c1-11-13-5-3-4-6-14(13)20-15(11)16(19)18-9-7-12(17-2)8-10-18;/h3-6,12,17H,7-10H2,1-2H3;1H. The number of nitrogens with one attached hydrogen (secondary N) is 1. The number of likely N-dealkylation sites (tertiary alicyclic amines) is 1. The van der Waals surface area contributed by atoms with Crippen molar-refractivity contribution in [1.82, 2.24) is 10.2 Å². The molecule has 5 heteroatoms. The molecule has 2 aromatic rings. The van der Waals surface area contributed by atoms with Crippen LogP contribution < -0.4 is 5.32 Å². The number of aryl methyl sites for hydroxylation is 1. The lowest BCUT2D eigenvalue weighted by Crippen LogP contribution is -2.44. The lowest BCUT2D eigenvalue weighted by molar-refractivity contribution is 0.0676. The molecule has 1 saturated heterocycles. The number of fused-ring (bicyclic) bond motifs is 1. The highest BCUT2D eigenvalue weighted by Gasteiger charge is 2.26. The maximum absolute atomic E-state index is 12.6. The summed E-state index contributed by atoms with van der Waals surface area (Å²) in [4.78, 5) is 14.5.